The topological polar surface area (TPSA) is 67.9 Å². The Morgan fingerprint density at radius 1 is 1.20 bits per heavy atom. The number of nitrogens with one attached hydrogen (secondary N) is 2. The van der Waals surface area contributed by atoms with Crippen molar-refractivity contribution < 1.29 is 8.42 Å². The van der Waals surface area contributed by atoms with Crippen LogP contribution in [0.2, 0.25) is 0 Å². The van der Waals surface area contributed by atoms with E-state index in [1.54, 1.807) is 12.1 Å². The maximum Gasteiger partial charge on any atom is 0.292 e. The Kier molecular flexibility index (Phi) is 5.76. The zero-order valence-corrected chi connectivity index (χ0v) is 13.3. The van der Waals surface area contributed by atoms with Gasteiger partial charge in [0.2, 0.25) is 0 Å². The van der Waals surface area contributed by atoms with Gasteiger partial charge in [-0.2, -0.15) is 12.7 Å². The molecule has 1 saturated heterocycles. The first kappa shape index (κ1) is 16.1. The summed E-state index contributed by atoms with van der Waals surface area (Å²) in [5.41, 5.74) is 0. The molecule has 2 N–H and O–H groups in total. The minimum absolute atomic E-state index is 0.544. The van der Waals surface area contributed by atoms with E-state index in [0.717, 1.165) is 39.1 Å². The lowest BCUT2D eigenvalue weighted by Crippen LogP contribution is -2.55. The smallest absolute Gasteiger partial charge is 0.292 e. The summed E-state index contributed by atoms with van der Waals surface area (Å²) in [5.74, 6) is 0. The third-order valence-electron chi connectivity index (χ3n) is 3.82. The first-order valence-corrected chi connectivity index (χ1v) is 8.82. The maximum absolute atomic E-state index is 12.2. The molecule has 1 heterocycles. The van der Waals surface area contributed by atoms with Crippen LogP contribution in [0.25, 0.3) is 0 Å². The SMILES string of the molecule is CN1CCN(NS(=O)(=O)N(C)CCCNC2CC2)CC1. The van der Waals surface area contributed by atoms with Crippen molar-refractivity contribution in [1.29, 1.82) is 0 Å². The van der Waals surface area contributed by atoms with Crippen molar-refractivity contribution in [3.8, 4) is 0 Å². The Labute approximate surface area is 122 Å². The van der Waals surface area contributed by atoms with Gasteiger partial charge in [-0.3, -0.25) is 0 Å². The van der Waals surface area contributed by atoms with Crippen LogP contribution in [0.15, 0.2) is 0 Å². The van der Waals surface area contributed by atoms with Crippen molar-refractivity contribution in [3.63, 3.8) is 0 Å². The lowest BCUT2D eigenvalue weighted by molar-refractivity contribution is 0.132. The molecule has 8 heteroatoms. The fraction of sp³-hybridized carbons (Fsp3) is 1.00. The number of nitrogens with zero attached hydrogens (tertiary/aromatic N) is 3. The molecule has 0 unspecified atom stereocenters. The van der Waals surface area contributed by atoms with Crippen LogP contribution in [0.3, 0.4) is 0 Å². The van der Waals surface area contributed by atoms with E-state index in [2.05, 4.69) is 15.0 Å². The van der Waals surface area contributed by atoms with E-state index in [9.17, 15) is 8.42 Å². The van der Waals surface area contributed by atoms with Gasteiger partial charge in [-0.05, 0) is 32.9 Å². The van der Waals surface area contributed by atoms with Gasteiger partial charge in [0.05, 0.1) is 0 Å². The van der Waals surface area contributed by atoms with Gasteiger partial charge in [0.15, 0.2) is 0 Å². The lowest BCUT2D eigenvalue weighted by Gasteiger charge is -2.33. The Bertz CT molecular complexity index is 391. The van der Waals surface area contributed by atoms with Crippen molar-refractivity contribution in [1.82, 2.24) is 24.4 Å². The van der Waals surface area contributed by atoms with Crippen LogP contribution in [-0.4, -0.2) is 82.0 Å². The first-order chi connectivity index (χ1) is 9.47. The quantitative estimate of drug-likeness (QED) is 0.567. The summed E-state index contributed by atoms with van der Waals surface area (Å²) < 4.78 is 25.7. The summed E-state index contributed by atoms with van der Waals surface area (Å²) in [6, 6.07) is 0.681. The number of likely N-dealkylation sites (N-methyl/N-ethyl adjacent to an activating group) is 1. The van der Waals surface area contributed by atoms with E-state index in [-0.39, 0.29) is 0 Å². The van der Waals surface area contributed by atoms with Crippen LogP contribution in [0.1, 0.15) is 19.3 Å². The molecule has 7 nitrogen and oxygen atoms in total. The van der Waals surface area contributed by atoms with Crippen LogP contribution in [0, 0.1) is 0 Å². The highest BCUT2D eigenvalue weighted by molar-refractivity contribution is 7.87. The largest absolute Gasteiger partial charge is 0.314 e. The third kappa shape index (κ3) is 5.27. The molecule has 1 aliphatic carbocycles. The number of hydrogen-bond acceptors (Lipinski definition) is 5. The zero-order valence-electron chi connectivity index (χ0n) is 12.5. The van der Waals surface area contributed by atoms with Crippen molar-refractivity contribution in [2.24, 2.45) is 0 Å². The molecule has 0 radical (unpaired) electrons. The van der Waals surface area contributed by atoms with Gasteiger partial charge in [-0.1, -0.05) is 0 Å². The van der Waals surface area contributed by atoms with Gasteiger partial charge in [0.25, 0.3) is 10.2 Å². The molecule has 20 heavy (non-hydrogen) atoms. The summed E-state index contributed by atoms with van der Waals surface area (Å²) in [6.07, 6.45) is 3.37. The Balaban J connectivity index is 1.67. The predicted molar refractivity (Wildman–Crippen MR) is 79.4 cm³/mol. The van der Waals surface area contributed by atoms with Crippen molar-refractivity contribution in [2.45, 2.75) is 25.3 Å². The summed E-state index contributed by atoms with van der Waals surface area (Å²) in [4.78, 5) is 4.85. The molecular weight excluding hydrogens is 278 g/mol. The highest BCUT2D eigenvalue weighted by Crippen LogP contribution is 2.18. The van der Waals surface area contributed by atoms with E-state index in [4.69, 9.17) is 0 Å². The second-order valence-electron chi connectivity index (χ2n) is 5.79. The monoisotopic (exact) mass is 305 g/mol. The average Bonchev–Trinajstić information content (AvgIpc) is 3.21. The Morgan fingerprint density at radius 3 is 2.45 bits per heavy atom. The zero-order chi connectivity index (χ0) is 14.6. The molecule has 1 saturated carbocycles. The minimum atomic E-state index is -3.40. The van der Waals surface area contributed by atoms with Crippen LogP contribution in [-0.2, 0) is 10.2 Å². The fourth-order valence-electron chi connectivity index (χ4n) is 2.15. The summed E-state index contributed by atoms with van der Waals surface area (Å²) in [7, 11) is 0.281. The average molecular weight is 305 g/mol. The van der Waals surface area contributed by atoms with Crippen molar-refractivity contribution >= 4 is 10.2 Å². The minimum Gasteiger partial charge on any atom is -0.314 e. The second-order valence-corrected chi connectivity index (χ2v) is 7.55. The van der Waals surface area contributed by atoms with Gasteiger partial charge in [-0.15, -0.1) is 4.83 Å². The lowest BCUT2D eigenvalue weighted by atomic mass is 10.4. The van der Waals surface area contributed by atoms with E-state index in [1.807, 2.05) is 7.05 Å². The molecule has 2 fully saturated rings. The number of hydrazine groups is 1. The van der Waals surface area contributed by atoms with Gasteiger partial charge < -0.3 is 10.2 Å². The molecular formula is C12H27N5O2S. The second kappa shape index (κ2) is 7.15. The van der Waals surface area contributed by atoms with Crippen LogP contribution >= 0.6 is 0 Å². The van der Waals surface area contributed by atoms with Gasteiger partial charge in [0, 0.05) is 45.8 Å². The fourth-order valence-corrected chi connectivity index (χ4v) is 3.16. The number of hydrogen-bond donors (Lipinski definition) is 2. The Hall–Kier alpha value is -0.250. The first-order valence-electron chi connectivity index (χ1n) is 7.38. The maximum atomic E-state index is 12.2. The molecule has 0 aromatic carbocycles. The molecule has 0 aromatic heterocycles. The summed E-state index contributed by atoms with van der Waals surface area (Å²) >= 11 is 0. The molecule has 0 amide bonds. The molecule has 118 valence electrons. The molecule has 2 rings (SSSR count). The highest BCUT2D eigenvalue weighted by Gasteiger charge is 2.23. The van der Waals surface area contributed by atoms with Gasteiger partial charge in [0.1, 0.15) is 0 Å². The molecule has 0 bridgehead atoms. The molecule has 2 aliphatic rings. The summed E-state index contributed by atoms with van der Waals surface area (Å²) in [5, 5.41) is 5.18. The van der Waals surface area contributed by atoms with Crippen molar-refractivity contribution in [2.75, 3.05) is 53.4 Å². The highest BCUT2D eigenvalue weighted by atomic mass is 32.2. The van der Waals surface area contributed by atoms with E-state index in [0.29, 0.717) is 12.6 Å². The third-order valence-corrected chi connectivity index (χ3v) is 5.31. The van der Waals surface area contributed by atoms with Gasteiger partial charge >= 0.3 is 0 Å². The van der Waals surface area contributed by atoms with Crippen LogP contribution in [0.5, 0.6) is 0 Å². The van der Waals surface area contributed by atoms with E-state index >= 15 is 0 Å². The van der Waals surface area contributed by atoms with Crippen molar-refractivity contribution in [3.05, 3.63) is 0 Å². The predicted octanol–water partition coefficient (Wildman–Crippen LogP) is -0.943. The van der Waals surface area contributed by atoms with Gasteiger partial charge in [-0.25, -0.2) is 5.01 Å². The molecule has 0 atom stereocenters. The standard InChI is InChI=1S/C12H27N5O2S/c1-15-8-10-17(11-9-15)14-20(18,19)16(2)7-3-6-13-12-4-5-12/h12-14H,3-11H2,1-2H3. The van der Waals surface area contributed by atoms with E-state index in [1.165, 1.54) is 17.1 Å². The van der Waals surface area contributed by atoms with Crippen LogP contribution in [0.4, 0.5) is 0 Å². The molecule has 1 aliphatic heterocycles. The normalized spacial score (nSPS) is 22.6. The molecule has 0 aromatic rings. The number of rotatable bonds is 8. The molecule has 0 spiro atoms. The number of piperazine rings is 1. The Morgan fingerprint density at radius 2 is 1.85 bits per heavy atom. The van der Waals surface area contributed by atoms with E-state index < -0.39 is 10.2 Å². The van der Waals surface area contributed by atoms with Crippen LogP contribution < -0.4 is 10.1 Å². The summed E-state index contributed by atoms with van der Waals surface area (Å²) in [6.45, 7) is 4.66.